The van der Waals surface area contributed by atoms with Gasteiger partial charge in [0.1, 0.15) is 11.6 Å². The lowest BCUT2D eigenvalue weighted by Gasteiger charge is -2.19. The van der Waals surface area contributed by atoms with Gasteiger partial charge in [0.15, 0.2) is 0 Å². The van der Waals surface area contributed by atoms with Crippen LogP contribution in [0.15, 0.2) is 46.9 Å². The average Bonchev–Trinajstić information content (AvgIpc) is 2.48. The molecule has 20 heavy (non-hydrogen) atoms. The Morgan fingerprint density at radius 2 is 2.10 bits per heavy atom. The predicted octanol–water partition coefficient (Wildman–Crippen LogP) is 3.71. The van der Waals surface area contributed by atoms with E-state index in [4.69, 9.17) is 10.5 Å². The van der Waals surface area contributed by atoms with Crippen molar-refractivity contribution in [3.8, 4) is 5.75 Å². The van der Waals surface area contributed by atoms with Crippen LogP contribution in [-0.2, 0) is 0 Å². The molecule has 0 radical (unpaired) electrons. The minimum absolute atomic E-state index is 0.0672. The van der Waals surface area contributed by atoms with Crippen LogP contribution in [0.1, 0.15) is 11.6 Å². The van der Waals surface area contributed by atoms with Gasteiger partial charge in [-0.25, -0.2) is 4.39 Å². The summed E-state index contributed by atoms with van der Waals surface area (Å²) >= 11 is 3.17. The van der Waals surface area contributed by atoms with Crippen LogP contribution in [0.2, 0.25) is 0 Å². The van der Waals surface area contributed by atoms with Crippen LogP contribution in [0.3, 0.4) is 0 Å². The van der Waals surface area contributed by atoms with Gasteiger partial charge >= 0.3 is 0 Å². The SMILES string of the molecule is COc1cccc(C(CN)Nc2ccc(F)c(Br)c2)c1. The first kappa shape index (κ1) is 14.8. The van der Waals surface area contributed by atoms with Crippen molar-refractivity contribution in [2.24, 2.45) is 5.73 Å². The van der Waals surface area contributed by atoms with E-state index < -0.39 is 0 Å². The molecule has 0 spiro atoms. The smallest absolute Gasteiger partial charge is 0.137 e. The molecule has 0 amide bonds. The van der Waals surface area contributed by atoms with E-state index >= 15 is 0 Å². The summed E-state index contributed by atoms with van der Waals surface area (Å²) in [5.41, 5.74) is 7.65. The molecule has 0 aliphatic carbocycles. The quantitative estimate of drug-likeness (QED) is 0.873. The van der Waals surface area contributed by atoms with E-state index in [1.54, 1.807) is 19.2 Å². The normalized spacial score (nSPS) is 12.0. The molecule has 3 nitrogen and oxygen atoms in total. The molecule has 1 unspecified atom stereocenters. The minimum atomic E-state index is -0.291. The molecule has 3 N–H and O–H groups in total. The van der Waals surface area contributed by atoms with Crippen LogP contribution < -0.4 is 15.8 Å². The number of benzene rings is 2. The third-order valence-corrected chi connectivity index (χ3v) is 3.60. The second-order valence-corrected chi connectivity index (χ2v) is 5.19. The summed E-state index contributed by atoms with van der Waals surface area (Å²) in [6.45, 7) is 0.419. The lowest BCUT2D eigenvalue weighted by Crippen LogP contribution is -2.20. The van der Waals surface area contributed by atoms with E-state index in [0.29, 0.717) is 11.0 Å². The van der Waals surface area contributed by atoms with Gasteiger partial charge in [0.05, 0.1) is 17.6 Å². The number of hydrogen-bond acceptors (Lipinski definition) is 3. The molecule has 1 atom stereocenters. The zero-order chi connectivity index (χ0) is 14.5. The van der Waals surface area contributed by atoms with Crippen LogP contribution in [0.25, 0.3) is 0 Å². The molecular formula is C15H16BrFN2O. The summed E-state index contributed by atoms with van der Waals surface area (Å²) in [7, 11) is 1.63. The van der Waals surface area contributed by atoms with Crippen molar-refractivity contribution < 1.29 is 9.13 Å². The molecule has 2 rings (SSSR count). The topological polar surface area (TPSA) is 47.3 Å². The number of ether oxygens (including phenoxy) is 1. The Labute approximate surface area is 126 Å². The molecule has 106 valence electrons. The molecule has 0 heterocycles. The monoisotopic (exact) mass is 338 g/mol. The number of methoxy groups -OCH3 is 1. The van der Waals surface area contributed by atoms with Crippen molar-refractivity contribution in [2.75, 3.05) is 19.0 Å². The van der Waals surface area contributed by atoms with Gasteiger partial charge in [-0.2, -0.15) is 0 Å². The number of anilines is 1. The highest BCUT2D eigenvalue weighted by atomic mass is 79.9. The Bertz CT molecular complexity index is 592. The van der Waals surface area contributed by atoms with Crippen molar-refractivity contribution in [3.63, 3.8) is 0 Å². The summed E-state index contributed by atoms with van der Waals surface area (Å²) in [6.07, 6.45) is 0. The number of nitrogens with one attached hydrogen (secondary N) is 1. The van der Waals surface area contributed by atoms with Crippen LogP contribution in [0.4, 0.5) is 10.1 Å². The van der Waals surface area contributed by atoms with Gasteiger partial charge in [0.25, 0.3) is 0 Å². The maximum absolute atomic E-state index is 13.2. The maximum atomic E-state index is 13.2. The second kappa shape index (κ2) is 6.72. The first-order valence-electron chi connectivity index (χ1n) is 6.19. The number of rotatable bonds is 5. The van der Waals surface area contributed by atoms with Crippen LogP contribution in [0, 0.1) is 5.82 Å². The van der Waals surface area contributed by atoms with Crippen LogP contribution in [-0.4, -0.2) is 13.7 Å². The number of hydrogen-bond donors (Lipinski definition) is 2. The van der Waals surface area contributed by atoms with Gasteiger partial charge in [-0.05, 0) is 51.8 Å². The molecule has 0 aromatic heterocycles. The predicted molar refractivity (Wildman–Crippen MR) is 82.5 cm³/mol. The van der Waals surface area contributed by atoms with Crippen molar-refractivity contribution in [1.82, 2.24) is 0 Å². The summed E-state index contributed by atoms with van der Waals surface area (Å²) in [4.78, 5) is 0. The molecule has 0 saturated heterocycles. The van der Waals surface area contributed by atoms with Gasteiger partial charge in [0.2, 0.25) is 0 Å². The third kappa shape index (κ3) is 3.49. The lowest BCUT2D eigenvalue weighted by molar-refractivity contribution is 0.414. The molecule has 2 aromatic carbocycles. The Balaban J connectivity index is 2.21. The highest BCUT2D eigenvalue weighted by molar-refractivity contribution is 9.10. The summed E-state index contributed by atoms with van der Waals surface area (Å²) in [5, 5.41) is 3.29. The Morgan fingerprint density at radius 1 is 1.30 bits per heavy atom. The van der Waals surface area contributed by atoms with Gasteiger partial charge in [0, 0.05) is 12.2 Å². The first-order chi connectivity index (χ1) is 9.63. The van der Waals surface area contributed by atoms with E-state index in [0.717, 1.165) is 17.0 Å². The number of nitrogens with two attached hydrogens (primary N) is 1. The van der Waals surface area contributed by atoms with Gasteiger partial charge in [-0.15, -0.1) is 0 Å². The van der Waals surface area contributed by atoms with Crippen LogP contribution in [0.5, 0.6) is 5.75 Å². The zero-order valence-corrected chi connectivity index (χ0v) is 12.7. The fourth-order valence-corrected chi connectivity index (χ4v) is 2.30. The van der Waals surface area contributed by atoms with Gasteiger partial charge in [-0.1, -0.05) is 12.1 Å². The molecule has 0 aliphatic heterocycles. The van der Waals surface area contributed by atoms with Gasteiger partial charge < -0.3 is 15.8 Å². The summed E-state index contributed by atoms with van der Waals surface area (Å²) < 4.78 is 18.9. The van der Waals surface area contributed by atoms with E-state index in [9.17, 15) is 4.39 Å². The largest absolute Gasteiger partial charge is 0.497 e. The van der Waals surface area contributed by atoms with Crippen molar-refractivity contribution in [3.05, 3.63) is 58.3 Å². The highest BCUT2D eigenvalue weighted by Crippen LogP contribution is 2.25. The Kier molecular flexibility index (Phi) is 4.98. The molecule has 0 bridgehead atoms. The minimum Gasteiger partial charge on any atom is -0.497 e. The second-order valence-electron chi connectivity index (χ2n) is 4.34. The standard InChI is InChI=1S/C15H16BrFN2O/c1-20-12-4-2-3-10(7-12)15(9-18)19-11-5-6-14(17)13(16)8-11/h2-8,15,19H,9,18H2,1H3. The van der Waals surface area contributed by atoms with Gasteiger partial charge in [-0.3, -0.25) is 0 Å². The molecule has 0 fully saturated rings. The zero-order valence-electron chi connectivity index (χ0n) is 11.1. The Hall–Kier alpha value is -1.59. The van der Waals surface area contributed by atoms with Crippen LogP contribution >= 0.6 is 15.9 Å². The van der Waals surface area contributed by atoms with E-state index in [-0.39, 0.29) is 11.9 Å². The van der Waals surface area contributed by atoms with E-state index in [1.165, 1.54) is 6.07 Å². The van der Waals surface area contributed by atoms with Crippen molar-refractivity contribution >= 4 is 21.6 Å². The fraction of sp³-hybridized carbons (Fsp3) is 0.200. The Morgan fingerprint density at radius 3 is 2.75 bits per heavy atom. The van der Waals surface area contributed by atoms with E-state index in [2.05, 4.69) is 21.2 Å². The first-order valence-corrected chi connectivity index (χ1v) is 6.99. The molecule has 0 aliphatic rings. The fourth-order valence-electron chi connectivity index (χ4n) is 1.92. The number of halogens is 2. The maximum Gasteiger partial charge on any atom is 0.137 e. The van der Waals surface area contributed by atoms with Crippen molar-refractivity contribution in [2.45, 2.75) is 6.04 Å². The average molecular weight is 339 g/mol. The lowest BCUT2D eigenvalue weighted by atomic mass is 10.1. The summed E-state index contributed by atoms with van der Waals surface area (Å²) in [5.74, 6) is 0.490. The highest BCUT2D eigenvalue weighted by Gasteiger charge is 2.11. The third-order valence-electron chi connectivity index (χ3n) is 2.99. The molecule has 0 saturated carbocycles. The molecule has 5 heteroatoms. The molecule has 2 aromatic rings. The van der Waals surface area contributed by atoms with Crippen molar-refractivity contribution in [1.29, 1.82) is 0 Å². The summed E-state index contributed by atoms with van der Waals surface area (Å²) in [6, 6.07) is 12.4. The van der Waals surface area contributed by atoms with E-state index in [1.807, 2.05) is 24.3 Å². The molecular weight excluding hydrogens is 323 g/mol.